The summed E-state index contributed by atoms with van der Waals surface area (Å²) in [6, 6.07) is 18.4. The fourth-order valence-electron chi connectivity index (χ4n) is 3.40. The Bertz CT molecular complexity index is 1060. The normalized spacial score (nSPS) is 11.6. The van der Waals surface area contributed by atoms with E-state index in [4.69, 9.17) is 9.47 Å². The van der Waals surface area contributed by atoms with Gasteiger partial charge in [-0.25, -0.2) is 0 Å². The molecular weight excluding hydrogens is 412 g/mol. The number of rotatable bonds is 10. The van der Waals surface area contributed by atoms with Gasteiger partial charge in [0.15, 0.2) is 0 Å². The fourth-order valence-corrected chi connectivity index (χ4v) is 3.40. The zero-order valence-corrected chi connectivity index (χ0v) is 17.8. The SMILES string of the molecule is COc1cccc(OC)c1-c1ccc(C[C@H](NCc2ccc([N+](=O)[O-])cc2)C(=O)O)cc1. The van der Waals surface area contributed by atoms with Crippen LogP contribution in [0.4, 0.5) is 5.69 Å². The van der Waals surface area contributed by atoms with Crippen molar-refractivity contribution >= 4 is 11.7 Å². The number of nitrogens with zero attached hydrogens (tertiary/aromatic N) is 1. The number of nitrogens with one attached hydrogen (secondary N) is 1. The van der Waals surface area contributed by atoms with Crippen LogP contribution in [0.5, 0.6) is 11.5 Å². The number of aliphatic carboxylic acids is 1. The molecule has 2 N–H and O–H groups in total. The van der Waals surface area contributed by atoms with Crippen molar-refractivity contribution in [3.63, 3.8) is 0 Å². The Labute approximate surface area is 185 Å². The molecule has 166 valence electrons. The number of hydrogen-bond acceptors (Lipinski definition) is 6. The molecule has 3 rings (SSSR count). The van der Waals surface area contributed by atoms with E-state index in [1.54, 1.807) is 26.4 Å². The number of carboxylic acids is 1. The molecule has 32 heavy (non-hydrogen) atoms. The molecule has 8 heteroatoms. The van der Waals surface area contributed by atoms with Crippen molar-refractivity contribution in [3.05, 3.63) is 88.0 Å². The Hall–Kier alpha value is -3.91. The minimum atomic E-state index is -0.970. The summed E-state index contributed by atoms with van der Waals surface area (Å²) in [5, 5.41) is 23.4. The number of non-ortho nitro benzene ring substituents is 1. The Morgan fingerprint density at radius 3 is 2.03 bits per heavy atom. The van der Waals surface area contributed by atoms with Crippen LogP contribution in [0.3, 0.4) is 0 Å². The highest BCUT2D eigenvalue weighted by molar-refractivity contribution is 5.77. The lowest BCUT2D eigenvalue weighted by Gasteiger charge is -2.16. The van der Waals surface area contributed by atoms with E-state index < -0.39 is 16.9 Å². The topological polar surface area (TPSA) is 111 Å². The van der Waals surface area contributed by atoms with Gasteiger partial charge in [-0.2, -0.15) is 0 Å². The van der Waals surface area contributed by atoms with Crippen LogP contribution in [-0.2, 0) is 17.8 Å². The van der Waals surface area contributed by atoms with Crippen molar-refractivity contribution in [2.75, 3.05) is 14.2 Å². The summed E-state index contributed by atoms with van der Waals surface area (Å²) in [4.78, 5) is 22.0. The molecule has 8 nitrogen and oxygen atoms in total. The monoisotopic (exact) mass is 436 g/mol. The maximum absolute atomic E-state index is 11.7. The van der Waals surface area contributed by atoms with E-state index in [2.05, 4.69) is 5.32 Å². The van der Waals surface area contributed by atoms with Gasteiger partial charge in [0.1, 0.15) is 17.5 Å². The first-order valence-corrected chi connectivity index (χ1v) is 9.92. The Kier molecular flexibility index (Phi) is 7.41. The number of ether oxygens (including phenoxy) is 2. The van der Waals surface area contributed by atoms with Crippen molar-refractivity contribution in [3.8, 4) is 22.6 Å². The molecule has 3 aromatic carbocycles. The first-order valence-electron chi connectivity index (χ1n) is 9.92. The summed E-state index contributed by atoms with van der Waals surface area (Å²) in [5.74, 6) is 0.401. The highest BCUT2D eigenvalue weighted by atomic mass is 16.6. The molecule has 0 spiro atoms. The molecule has 0 unspecified atom stereocenters. The van der Waals surface area contributed by atoms with Crippen LogP contribution in [0.25, 0.3) is 11.1 Å². The predicted molar refractivity (Wildman–Crippen MR) is 120 cm³/mol. The van der Waals surface area contributed by atoms with E-state index in [0.717, 1.165) is 22.3 Å². The molecule has 0 heterocycles. The standard InChI is InChI=1S/C24H24N2O6/c1-31-21-4-3-5-22(32-2)23(21)18-10-6-16(7-11-18)14-20(24(27)28)25-15-17-8-12-19(13-9-17)26(29)30/h3-13,20,25H,14-15H2,1-2H3,(H,27,28)/t20-/m0/s1. The molecule has 1 atom stereocenters. The average molecular weight is 436 g/mol. The third-order valence-corrected chi connectivity index (χ3v) is 5.11. The summed E-state index contributed by atoms with van der Waals surface area (Å²) >= 11 is 0. The quantitative estimate of drug-likeness (QED) is 0.364. The zero-order valence-electron chi connectivity index (χ0n) is 17.8. The smallest absolute Gasteiger partial charge is 0.321 e. The molecule has 3 aromatic rings. The largest absolute Gasteiger partial charge is 0.496 e. The third kappa shape index (κ3) is 5.41. The maximum atomic E-state index is 11.7. The number of benzene rings is 3. The number of carboxylic acid groups (broad SMARTS) is 1. The van der Waals surface area contributed by atoms with Gasteiger partial charge in [-0.15, -0.1) is 0 Å². The van der Waals surface area contributed by atoms with Crippen molar-refractivity contribution in [1.29, 1.82) is 0 Å². The van der Waals surface area contributed by atoms with Gasteiger partial charge in [0.05, 0.1) is 24.7 Å². The molecule has 0 radical (unpaired) electrons. The van der Waals surface area contributed by atoms with Crippen LogP contribution < -0.4 is 14.8 Å². The van der Waals surface area contributed by atoms with Crippen molar-refractivity contribution < 1.29 is 24.3 Å². The first kappa shape index (κ1) is 22.8. The molecule has 0 aromatic heterocycles. The van der Waals surface area contributed by atoms with E-state index in [-0.39, 0.29) is 18.7 Å². The lowest BCUT2D eigenvalue weighted by atomic mass is 9.99. The van der Waals surface area contributed by atoms with Crippen LogP contribution in [0.15, 0.2) is 66.7 Å². The highest BCUT2D eigenvalue weighted by Crippen LogP contribution is 2.38. The summed E-state index contributed by atoms with van der Waals surface area (Å²) in [6.45, 7) is 0.283. The van der Waals surface area contributed by atoms with Crippen LogP contribution in [-0.4, -0.2) is 36.3 Å². The molecule has 0 aliphatic rings. The minimum absolute atomic E-state index is 0.00435. The van der Waals surface area contributed by atoms with Gasteiger partial charge in [-0.1, -0.05) is 42.5 Å². The molecule has 0 saturated carbocycles. The second kappa shape index (κ2) is 10.4. The Morgan fingerprint density at radius 2 is 1.53 bits per heavy atom. The lowest BCUT2D eigenvalue weighted by Crippen LogP contribution is -2.38. The van der Waals surface area contributed by atoms with Crippen molar-refractivity contribution in [1.82, 2.24) is 5.32 Å². The number of nitro benzene ring substituents is 1. The van der Waals surface area contributed by atoms with Gasteiger partial charge in [0.25, 0.3) is 5.69 Å². The average Bonchev–Trinajstić information content (AvgIpc) is 2.81. The number of methoxy groups -OCH3 is 2. The number of nitro groups is 1. The second-order valence-electron chi connectivity index (χ2n) is 7.13. The molecule has 0 fully saturated rings. The number of carbonyl (C=O) groups is 1. The van der Waals surface area contributed by atoms with E-state index in [1.807, 2.05) is 42.5 Å². The van der Waals surface area contributed by atoms with Crippen molar-refractivity contribution in [2.24, 2.45) is 0 Å². The maximum Gasteiger partial charge on any atom is 0.321 e. The summed E-state index contributed by atoms with van der Waals surface area (Å²) in [5.41, 5.74) is 3.34. The lowest BCUT2D eigenvalue weighted by molar-refractivity contribution is -0.384. The van der Waals surface area contributed by atoms with Gasteiger partial charge in [0, 0.05) is 18.7 Å². The number of hydrogen-bond donors (Lipinski definition) is 2. The second-order valence-corrected chi connectivity index (χ2v) is 7.13. The molecule has 0 aliphatic carbocycles. The highest BCUT2D eigenvalue weighted by Gasteiger charge is 2.18. The van der Waals surface area contributed by atoms with Gasteiger partial charge in [0.2, 0.25) is 0 Å². The van der Waals surface area contributed by atoms with E-state index in [1.165, 1.54) is 12.1 Å². The first-order chi connectivity index (χ1) is 15.4. The minimum Gasteiger partial charge on any atom is -0.496 e. The van der Waals surface area contributed by atoms with Gasteiger partial charge < -0.3 is 19.9 Å². The van der Waals surface area contributed by atoms with Gasteiger partial charge in [-0.05, 0) is 35.2 Å². The zero-order chi connectivity index (χ0) is 23.1. The molecule has 0 bridgehead atoms. The summed E-state index contributed by atoms with van der Waals surface area (Å²) < 4.78 is 10.9. The van der Waals surface area contributed by atoms with Gasteiger partial charge >= 0.3 is 5.97 Å². The summed E-state index contributed by atoms with van der Waals surface area (Å²) in [7, 11) is 3.20. The molecule has 0 saturated heterocycles. The van der Waals surface area contributed by atoms with Gasteiger partial charge in [-0.3, -0.25) is 14.9 Å². The molecular formula is C24H24N2O6. The summed E-state index contributed by atoms with van der Waals surface area (Å²) in [6.07, 6.45) is 0.283. The molecule has 0 aliphatic heterocycles. The van der Waals surface area contributed by atoms with Crippen molar-refractivity contribution in [2.45, 2.75) is 19.0 Å². The fraction of sp³-hybridized carbons (Fsp3) is 0.208. The van der Waals surface area contributed by atoms with Crippen LogP contribution in [0.2, 0.25) is 0 Å². The van der Waals surface area contributed by atoms with Crippen LogP contribution in [0.1, 0.15) is 11.1 Å². The Balaban J connectivity index is 1.71. The van der Waals surface area contributed by atoms with E-state index in [0.29, 0.717) is 11.5 Å². The van der Waals surface area contributed by atoms with E-state index in [9.17, 15) is 20.0 Å². The van der Waals surface area contributed by atoms with Crippen LogP contribution in [0, 0.1) is 10.1 Å². The third-order valence-electron chi connectivity index (χ3n) is 5.11. The Morgan fingerprint density at radius 1 is 0.969 bits per heavy atom. The van der Waals surface area contributed by atoms with Crippen LogP contribution >= 0.6 is 0 Å². The van der Waals surface area contributed by atoms with E-state index >= 15 is 0 Å². The molecule has 0 amide bonds. The predicted octanol–water partition coefficient (Wildman–Crippen LogP) is 4.06.